The molecule has 0 saturated carbocycles. The third-order valence-electron chi connectivity index (χ3n) is 2.86. The molecule has 0 amide bonds. The van der Waals surface area contributed by atoms with Crippen molar-refractivity contribution in [2.24, 2.45) is 0 Å². The van der Waals surface area contributed by atoms with Crippen molar-refractivity contribution in [2.75, 3.05) is 5.73 Å². The van der Waals surface area contributed by atoms with Crippen LogP contribution in [0.15, 0.2) is 12.1 Å². The molecule has 19 heavy (non-hydrogen) atoms. The van der Waals surface area contributed by atoms with Crippen LogP contribution >= 0.6 is 0 Å². The van der Waals surface area contributed by atoms with Crippen LogP contribution in [0.3, 0.4) is 0 Å². The summed E-state index contributed by atoms with van der Waals surface area (Å²) in [4.78, 5) is 8.42. The lowest BCUT2D eigenvalue weighted by molar-refractivity contribution is 0.614. The number of anilines is 1. The number of aryl methyl sites for hydroxylation is 1. The first kappa shape index (κ1) is 15.3. The molecule has 104 valence electrons. The third kappa shape index (κ3) is 3.00. The van der Waals surface area contributed by atoms with Gasteiger partial charge in [-0.15, -0.1) is 0 Å². The lowest BCUT2D eigenvalue weighted by Crippen LogP contribution is -2.05. The summed E-state index contributed by atoms with van der Waals surface area (Å²) in [6.45, 7) is 9.97. The maximum atomic E-state index is 13.8. The Morgan fingerprint density at radius 3 is 2.37 bits per heavy atom. The molecule has 4 heteroatoms. The maximum Gasteiger partial charge on any atom is 0.220 e. The fourth-order valence-electron chi connectivity index (χ4n) is 2.08. The molecule has 2 rings (SSSR count). The number of benzene rings is 1. The molecule has 2 N–H and O–H groups in total. The molecule has 1 heterocycles. The Hall–Kier alpha value is -1.71. The number of halogens is 1. The summed E-state index contributed by atoms with van der Waals surface area (Å²) in [7, 11) is 0. The van der Waals surface area contributed by atoms with E-state index in [1.807, 2.05) is 34.6 Å². The second-order valence-electron chi connectivity index (χ2n) is 4.40. The van der Waals surface area contributed by atoms with Gasteiger partial charge in [-0.2, -0.15) is 0 Å². The smallest absolute Gasteiger partial charge is 0.220 e. The first-order valence-corrected chi connectivity index (χ1v) is 6.79. The van der Waals surface area contributed by atoms with Crippen LogP contribution in [0.5, 0.6) is 0 Å². The van der Waals surface area contributed by atoms with Crippen molar-refractivity contribution in [3.8, 4) is 0 Å². The average molecular weight is 263 g/mol. The number of hydrogen-bond acceptors (Lipinski definition) is 3. The Balaban J connectivity index is 0.000000861. The molecular formula is C15H22FN3. The second kappa shape index (κ2) is 6.45. The van der Waals surface area contributed by atoms with E-state index < -0.39 is 0 Å². The van der Waals surface area contributed by atoms with Crippen LogP contribution in [0.4, 0.5) is 10.3 Å². The van der Waals surface area contributed by atoms with Crippen molar-refractivity contribution >= 4 is 16.9 Å². The zero-order valence-corrected chi connectivity index (χ0v) is 12.3. The zero-order valence-electron chi connectivity index (χ0n) is 12.3. The molecule has 0 aliphatic carbocycles. The van der Waals surface area contributed by atoms with Crippen LogP contribution in [0, 0.1) is 5.82 Å². The Bertz CT molecular complexity index is 565. The Labute approximate surface area is 114 Å². The number of hydrogen-bond donors (Lipinski definition) is 1. The predicted octanol–water partition coefficient (Wildman–Crippen LogP) is 4.06. The van der Waals surface area contributed by atoms with E-state index in [1.54, 1.807) is 6.07 Å². The molecule has 1 aromatic carbocycles. The minimum Gasteiger partial charge on any atom is -0.368 e. The molecule has 2 aromatic rings. The minimum atomic E-state index is -0.199. The van der Waals surface area contributed by atoms with Crippen LogP contribution < -0.4 is 5.73 Å². The molecule has 1 aromatic heterocycles. The highest BCUT2D eigenvalue weighted by atomic mass is 19.1. The summed E-state index contributed by atoms with van der Waals surface area (Å²) in [6.07, 6.45) is 0.621. The lowest BCUT2D eigenvalue weighted by atomic mass is 9.98. The number of nitrogens with two attached hydrogens (primary N) is 1. The maximum absolute atomic E-state index is 13.8. The molecular weight excluding hydrogens is 241 g/mol. The first-order chi connectivity index (χ1) is 9.04. The van der Waals surface area contributed by atoms with E-state index in [0.29, 0.717) is 12.0 Å². The molecule has 0 unspecified atom stereocenters. The van der Waals surface area contributed by atoms with Gasteiger partial charge in [-0.1, -0.05) is 34.6 Å². The van der Waals surface area contributed by atoms with Gasteiger partial charge in [0, 0.05) is 5.39 Å². The summed E-state index contributed by atoms with van der Waals surface area (Å²) in [6, 6.07) is 3.10. The highest BCUT2D eigenvalue weighted by Gasteiger charge is 2.15. The van der Waals surface area contributed by atoms with Gasteiger partial charge in [0.1, 0.15) is 5.82 Å². The fraction of sp³-hybridized carbons (Fsp3) is 0.467. The molecule has 0 spiro atoms. The second-order valence-corrected chi connectivity index (χ2v) is 4.40. The largest absolute Gasteiger partial charge is 0.368 e. The van der Waals surface area contributed by atoms with E-state index >= 15 is 0 Å². The van der Waals surface area contributed by atoms with Gasteiger partial charge in [-0.25, -0.2) is 14.4 Å². The highest BCUT2D eigenvalue weighted by Crippen LogP contribution is 2.28. The van der Waals surface area contributed by atoms with E-state index in [1.165, 1.54) is 6.07 Å². The van der Waals surface area contributed by atoms with Gasteiger partial charge in [0.05, 0.1) is 11.2 Å². The van der Waals surface area contributed by atoms with Gasteiger partial charge in [0.25, 0.3) is 0 Å². The van der Waals surface area contributed by atoms with Crippen LogP contribution in [-0.2, 0) is 6.42 Å². The standard InChI is InChI=1S/C13H16FN3.C2H6/c1-4-8-9(14)5-6-10-11(8)12(7(2)3)17-13(15)16-10;1-2/h5-7H,4H2,1-3H3,(H2,15,16,17);1-2H3. The lowest BCUT2D eigenvalue weighted by Gasteiger charge is -2.13. The van der Waals surface area contributed by atoms with E-state index in [2.05, 4.69) is 9.97 Å². The van der Waals surface area contributed by atoms with Crippen molar-refractivity contribution in [1.29, 1.82) is 0 Å². The highest BCUT2D eigenvalue weighted by molar-refractivity contribution is 5.86. The van der Waals surface area contributed by atoms with Crippen molar-refractivity contribution in [3.05, 3.63) is 29.2 Å². The van der Waals surface area contributed by atoms with Gasteiger partial charge in [-0.05, 0) is 30.0 Å². The van der Waals surface area contributed by atoms with E-state index in [0.717, 1.165) is 16.6 Å². The number of fused-ring (bicyclic) bond motifs is 1. The third-order valence-corrected chi connectivity index (χ3v) is 2.86. The van der Waals surface area contributed by atoms with Crippen molar-refractivity contribution in [3.63, 3.8) is 0 Å². The summed E-state index contributed by atoms with van der Waals surface area (Å²) in [5.41, 5.74) is 7.89. The van der Waals surface area contributed by atoms with E-state index in [9.17, 15) is 4.39 Å². The van der Waals surface area contributed by atoms with Crippen LogP contribution in [-0.4, -0.2) is 9.97 Å². The number of nitrogens with zero attached hydrogens (tertiary/aromatic N) is 2. The number of nitrogen functional groups attached to an aromatic ring is 1. The SMILES string of the molecule is CC.CCc1c(F)ccc2nc(N)nc(C(C)C)c12. The molecule has 0 radical (unpaired) electrons. The van der Waals surface area contributed by atoms with Gasteiger partial charge >= 0.3 is 0 Å². The van der Waals surface area contributed by atoms with Gasteiger partial charge in [0.2, 0.25) is 5.95 Å². The fourth-order valence-corrected chi connectivity index (χ4v) is 2.08. The zero-order chi connectivity index (χ0) is 14.6. The summed E-state index contributed by atoms with van der Waals surface area (Å²) in [5.74, 6) is 0.236. The molecule has 0 fully saturated rings. The van der Waals surface area contributed by atoms with Gasteiger partial charge in [-0.3, -0.25) is 0 Å². The number of aromatic nitrogens is 2. The summed E-state index contributed by atoms with van der Waals surface area (Å²) in [5, 5.41) is 0.816. The normalized spacial score (nSPS) is 10.5. The van der Waals surface area contributed by atoms with Crippen molar-refractivity contribution < 1.29 is 4.39 Å². The molecule has 0 saturated heterocycles. The topological polar surface area (TPSA) is 51.8 Å². The van der Waals surface area contributed by atoms with Crippen molar-refractivity contribution in [2.45, 2.75) is 47.0 Å². The quantitative estimate of drug-likeness (QED) is 0.888. The summed E-state index contributed by atoms with van der Waals surface area (Å²) >= 11 is 0. The molecule has 3 nitrogen and oxygen atoms in total. The van der Waals surface area contributed by atoms with Crippen molar-refractivity contribution in [1.82, 2.24) is 9.97 Å². The Kier molecular flexibility index (Phi) is 5.21. The predicted molar refractivity (Wildman–Crippen MR) is 78.7 cm³/mol. The molecule has 0 atom stereocenters. The Morgan fingerprint density at radius 1 is 1.21 bits per heavy atom. The Morgan fingerprint density at radius 2 is 1.84 bits per heavy atom. The monoisotopic (exact) mass is 263 g/mol. The van der Waals surface area contributed by atoms with Gasteiger partial charge < -0.3 is 5.73 Å². The number of rotatable bonds is 2. The molecule has 0 aliphatic rings. The van der Waals surface area contributed by atoms with Crippen LogP contribution in [0.2, 0.25) is 0 Å². The van der Waals surface area contributed by atoms with E-state index in [-0.39, 0.29) is 17.7 Å². The van der Waals surface area contributed by atoms with E-state index in [4.69, 9.17) is 5.73 Å². The first-order valence-electron chi connectivity index (χ1n) is 6.79. The van der Waals surface area contributed by atoms with Crippen LogP contribution in [0.25, 0.3) is 10.9 Å². The van der Waals surface area contributed by atoms with Gasteiger partial charge in [0.15, 0.2) is 0 Å². The molecule has 0 aliphatic heterocycles. The van der Waals surface area contributed by atoms with Crippen LogP contribution in [0.1, 0.15) is 51.8 Å². The summed E-state index contributed by atoms with van der Waals surface area (Å²) < 4.78 is 13.8. The minimum absolute atomic E-state index is 0.190. The molecule has 0 bridgehead atoms. The average Bonchev–Trinajstić information content (AvgIpc) is 2.40.